The van der Waals surface area contributed by atoms with Gasteiger partial charge in [0.25, 0.3) is 11.8 Å². The molecule has 0 aromatic heterocycles. The van der Waals surface area contributed by atoms with Crippen LogP contribution in [-0.2, 0) is 33.6 Å². The highest BCUT2D eigenvalue weighted by Gasteiger charge is 2.34. The standard InChI is InChI=1S/C6H12N3O2.2C6H12N2O3.C6H10N2O2.CH4.H2O/c1-8-5(10)4-2-3-6(7,11)9-4;2*1-8-6(11)4(7)2-3-5(9)10;1-7-6(10)4-2-3-5(9)8-4;;/h4,9H,2-3,7H2,1H3,(H,8,10);2*4H,2-3,7H2,1H3,(H,8,11)(H,9,10);4H,2-3H2,1H3,(H,7,10)(H,8,9);1H4;1H2/q-1;;;;;/p+1. The maximum absolute atomic E-state index is 11.1. The molecule has 264 valence electrons. The molecule has 0 aromatic rings. The van der Waals surface area contributed by atoms with Crippen molar-refractivity contribution in [2.45, 2.75) is 88.8 Å². The minimum atomic E-state index is -1.49. The van der Waals surface area contributed by atoms with E-state index in [1.54, 1.807) is 14.1 Å². The number of carbonyl (C=O) groups is 7. The van der Waals surface area contributed by atoms with Gasteiger partial charge in [0.05, 0.1) is 11.9 Å². The molecule has 20 heteroatoms. The largest absolute Gasteiger partial charge is 0.791 e. The lowest BCUT2D eigenvalue weighted by molar-refractivity contribution is -0.855. The number of carboxylic acids is 2. The van der Waals surface area contributed by atoms with Crippen molar-refractivity contribution in [2.75, 3.05) is 28.2 Å². The van der Waals surface area contributed by atoms with Crippen LogP contribution in [0.15, 0.2) is 0 Å². The van der Waals surface area contributed by atoms with Gasteiger partial charge in [0, 0.05) is 66.3 Å². The third-order valence-corrected chi connectivity index (χ3v) is 6.04. The zero-order chi connectivity index (χ0) is 33.8. The van der Waals surface area contributed by atoms with Gasteiger partial charge in [-0.2, -0.15) is 0 Å². The van der Waals surface area contributed by atoms with Crippen LogP contribution in [0.2, 0.25) is 0 Å². The Hall–Kier alpha value is -3.95. The van der Waals surface area contributed by atoms with E-state index in [0.717, 1.165) is 0 Å². The summed E-state index contributed by atoms with van der Waals surface area (Å²) in [4.78, 5) is 73.8. The van der Waals surface area contributed by atoms with Gasteiger partial charge in [0.1, 0.15) is 6.04 Å². The number of hydrogen-bond acceptors (Lipinski definition) is 11. The van der Waals surface area contributed by atoms with Crippen molar-refractivity contribution >= 4 is 41.5 Å². The monoisotopic (exact) mass is 655 g/mol. The number of nitrogens with one attached hydrogen (secondary N) is 5. The fourth-order valence-corrected chi connectivity index (χ4v) is 3.49. The molecule has 5 unspecified atom stereocenters. The number of carboxylic acid groups (broad SMARTS) is 2. The molecule has 0 spiro atoms. The maximum atomic E-state index is 11.1. The third-order valence-electron chi connectivity index (χ3n) is 6.04. The molecule has 0 aliphatic carbocycles. The van der Waals surface area contributed by atoms with Gasteiger partial charge in [0.2, 0.25) is 17.7 Å². The Morgan fingerprint density at radius 1 is 1.00 bits per heavy atom. The predicted octanol–water partition coefficient (Wildman–Crippen LogP) is -8.95. The van der Waals surface area contributed by atoms with Gasteiger partial charge in [-0.3, -0.25) is 34.5 Å². The first kappa shape index (κ1) is 48.0. The summed E-state index contributed by atoms with van der Waals surface area (Å²) in [6, 6.07) is -1.80. The highest BCUT2D eigenvalue weighted by atomic mass is 16.4. The average molecular weight is 656 g/mol. The van der Waals surface area contributed by atoms with E-state index in [2.05, 4.69) is 32.3 Å². The van der Waals surface area contributed by atoms with E-state index in [1.807, 2.05) is 0 Å². The van der Waals surface area contributed by atoms with Crippen molar-refractivity contribution in [3.05, 3.63) is 0 Å². The lowest BCUT2D eigenvalue weighted by Crippen LogP contribution is -3.05. The van der Waals surface area contributed by atoms with Gasteiger partial charge in [0.15, 0.2) is 12.1 Å². The van der Waals surface area contributed by atoms with Crippen LogP contribution in [0, 0.1) is 0 Å². The number of carbonyl (C=O) groups excluding carboxylic acids is 6. The highest BCUT2D eigenvalue weighted by Crippen LogP contribution is 2.06. The molecule has 0 aromatic carbocycles. The minimum absolute atomic E-state index is 0. The molecule has 2 fully saturated rings. The first-order chi connectivity index (χ1) is 19.9. The molecule has 2 rings (SSSR count). The van der Waals surface area contributed by atoms with Crippen LogP contribution in [0.5, 0.6) is 0 Å². The van der Waals surface area contributed by atoms with Crippen molar-refractivity contribution in [2.24, 2.45) is 11.5 Å². The van der Waals surface area contributed by atoms with Gasteiger partial charge < -0.3 is 69.0 Å². The van der Waals surface area contributed by atoms with E-state index >= 15 is 0 Å². The summed E-state index contributed by atoms with van der Waals surface area (Å²) < 4.78 is 0. The fourth-order valence-electron chi connectivity index (χ4n) is 3.49. The number of rotatable bonds is 10. The molecule has 20 nitrogen and oxygen atoms in total. The second-order valence-electron chi connectivity index (χ2n) is 9.53. The van der Waals surface area contributed by atoms with E-state index < -0.39 is 29.9 Å². The normalized spacial score (nSPS) is 20.4. The van der Waals surface area contributed by atoms with Crippen molar-refractivity contribution in [3.63, 3.8) is 0 Å². The lowest BCUT2D eigenvalue weighted by atomic mass is 10.1. The zero-order valence-electron chi connectivity index (χ0n) is 25.5. The summed E-state index contributed by atoms with van der Waals surface area (Å²) in [5.41, 5.74) is 14.0. The molecule has 5 atom stereocenters. The van der Waals surface area contributed by atoms with Crippen molar-refractivity contribution in [1.29, 1.82) is 0 Å². The van der Waals surface area contributed by atoms with Gasteiger partial charge in [-0.25, -0.2) is 0 Å². The molecule has 45 heavy (non-hydrogen) atoms. The Balaban J connectivity index is -0.000000245. The second kappa shape index (κ2) is 25.4. The number of aliphatic carboxylic acids is 2. The Labute approximate surface area is 262 Å². The SMILES string of the molecule is C.CNC(=O)C(N)CCC(=O)O.CNC(=O)C([NH3+])CCC(=O)[O-].CNC(=O)C1CCC(=O)N1.CNC(=O)C1CCC(N)([O-])[NH2+]1.O. The van der Waals surface area contributed by atoms with Crippen LogP contribution < -0.4 is 59.3 Å². The first-order valence-corrected chi connectivity index (χ1v) is 13.5. The summed E-state index contributed by atoms with van der Waals surface area (Å²) in [6.45, 7) is 0. The van der Waals surface area contributed by atoms with Crippen molar-refractivity contribution in [3.8, 4) is 0 Å². The molecular formula is C25H53N9O11. The molecule has 0 bridgehead atoms. The smallest absolute Gasteiger partial charge is 0.303 e. The van der Waals surface area contributed by atoms with E-state index in [-0.39, 0.29) is 80.2 Å². The molecule has 2 aliphatic rings. The van der Waals surface area contributed by atoms with Crippen LogP contribution in [0.4, 0.5) is 0 Å². The van der Waals surface area contributed by atoms with Crippen LogP contribution in [-0.4, -0.2) is 110 Å². The van der Waals surface area contributed by atoms with Gasteiger partial charge in [-0.05, 0) is 19.3 Å². The average Bonchev–Trinajstić information content (AvgIpc) is 3.58. The maximum Gasteiger partial charge on any atom is 0.303 e. The summed E-state index contributed by atoms with van der Waals surface area (Å²) >= 11 is 0. The van der Waals surface area contributed by atoms with E-state index in [4.69, 9.17) is 16.6 Å². The molecule has 2 saturated heterocycles. The van der Waals surface area contributed by atoms with E-state index in [1.165, 1.54) is 19.4 Å². The zero-order valence-corrected chi connectivity index (χ0v) is 25.5. The molecule has 0 saturated carbocycles. The number of amides is 5. The Kier molecular flexibility index (Phi) is 27.1. The van der Waals surface area contributed by atoms with Gasteiger partial charge in [-0.15, -0.1) is 0 Å². The van der Waals surface area contributed by atoms with Gasteiger partial charge >= 0.3 is 5.97 Å². The summed E-state index contributed by atoms with van der Waals surface area (Å²) in [6.07, 6.45) is 2.22. The Morgan fingerprint density at radius 3 is 1.89 bits per heavy atom. The van der Waals surface area contributed by atoms with Crippen LogP contribution >= 0.6 is 0 Å². The molecule has 2 heterocycles. The topological polar surface area (TPSA) is 374 Å². The predicted molar refractivity (Wildman–Crippen MR) is 155 cm³/mol. The Morgan fingerprint density at radius 2 is 1.53 bits per heavy atom. The minimum Gasteiger partial charge on any atom is -0.791 e. The van der Waals surface area contributed by atoms with Crippen molar-refractivity contribution < 1.29 is 65.4 Å². The second-order valence-corrected chi connectivity index (χ2v) is 9.53. The number of nitrogens with two attached hydrogens (primary N) is 3. The van der Waals surface area contributed by atoms with E-state index in [0.29, 0.717) is 25.7 Å². The van der Waals surface area contributed by atoms with Crippen LogP contribution in [0.1, 0.15) is 58.8 Å². The summed E-state index contributed by atoms with van der Waals surface area (Å²) in [5.74, 6) is -4.41. The number of quaternary nitrogens is 2. The summed E-state index contributed by atoms with van der Waals surface area (Å²) in [5, 5.41) is 42.8. The first-order valence-electron chi connectivity index (χ1n) is 13.5. The molecule has 5 amide bonds. The fraction of sp³-hybridized carbons (Fsp3) is 0.720. The lowest BCUT2D eigenvalue weighted by Gasteiger charge is -2.26. The summed E-state index contributed by atoms with van der Waals surface area (Å²) in [7, 11) is 6.06. The molecule has 17 N–H and O–H groups in total. The van der Waals surface area contributed by atoms with Crippen LogP contribution in [0.25, 0.3) is 0 Å². The van der Waals surface area contributed by atoms with E-state index in [9.17, 15) is 43.8 Å². The van der Waals surface area contributed by atoms with Crippen molar-refractivity contribution in [1.82, 2.24) is 26.6 Å². The number of likely N-dealkylation sites (N-methyl/N-ethyl adjacent to an activating group) is 4. The molecule has 0 radical (unpaired) electrons. The van der Waals surface area contributed by atoms with Gasteiger partial charge in [-0.1, -0.05) is 7.43 Å². The molecular weight excluding hydrogens is 602 g/mol. The quantitative estimate of drug-likeness (QED) is 0.0981. The molecule has 2 aliphatic heterocycles. The number of hydrogen-bond donors (Lipinski definition) is 10. The third kappa shape index (κ3) is 23.1. The Bertz CT molecular complexity index is 915. The highest BCUT2D eigenvalue weighted by molar-refractivity contribution is 5.90. The van der Waals surface area contributed by atoms with Crippen LogP contribution in [0.3, 0.4) is 0 Å².